The summed E-state index contributed by atoms with van der Waals surface area (Å²) in [5, 5.41) is 12.6. The Balaban J connectivity index is 1.71. The van der Waals surface area contributed by atoms with Crippen molar-refractivity contribution in [1.82, 2.24) is 5.32 Å². The van der Waals surface area contributed by atoms with Crippen LogP contribution < -0.4 is 14.8 Å². The molecule has 1 amide bonds. The van der Waals surface area contributed by atoms with E-state index in [0.717, 1.165) is 24.8 Å². The summed E-state index contributed by atoms with van der Waals surface area (Å²) in [5.74, 6) is 1.28. The average Bonchev–Trinajstić information content (AvgIpc) is 2.77. The van der Waals surface area contributed by atoms with Crippen molar-refractivity contribution in [2.75, 3.05) is 7.11 Å². The minimum absolute atomic E-state index is 0.0910. The zero-order valence-electron chi connectivity index (χ0n) is 18.5. The van der Waals surface area contributed by atoms with Crippen molar-refractivity contribution in [2.24, 2.45) is 5.92 Å². The van der Waals surface area contributed by atoms with Crippen molar-refractivity contribution in [2.45, 2.75) is 52.2 Å². The fraction of sp³-hybridized carbons (Fsp3) is 0.385. The number of aryl methyl sites for hydroxylation is 1. The van der Waals surface area contributed by atoms with Gasteiger partial charge >= 0.3 is 0 Å². The molecule has 31 heavy (non-hydrogen) atoms. The number of hydrogen-bond acceptors (Lipinski definition) is 4. The lowest BCUT2D eigenvalue weighted by Gasteiger charge is -2.29. The Morgan fingerprint density at radius 2 is 2.00 bits per heavy atom. The summed E-state index contributed by atoms with van der Waals surface area (Å²) >= 11 is 0. The Morgan fingerprint density at radius 3 is 2.71 bits per heavy atom. The van der Waals surface area contributed by atoms with E-state index in [-0.39, 0.29) is 17.5 Å². The molecule has 0 aromatic heterocycles. The summed E-state index contributed by atoms with van der Waals surface area (Å²) in [6.07, 6.45) is 5.98. The highest BCUT2D eigenvalue weighted by molar-refractivity contribution is 6.01. The molecule has 0 radical (unpaired) electrons. The van der Waals surface area contributed by atoms with Crippen LogP contribution in [0.3, 0.4) is 0 Å². The van der Waals surface area contributed by atoms with Gasteiger partial charge in [0.05, 0.1) is 7.11 Å². The number of amides is 1. The maximum absolute atomic E-state index is 12.6. The second kappa shape index (κ2) is 10.7. The quantitative estimate of drug-likeness (QED) is 0.496. The van der Waals surface area contributed by atoms with Crippen LogP contribution >= 0.6 is 0 Å². The van der Waals surface area contributed by atoms with E-state index in [1.807, 2.05) is 37.3 Å². The van der Waals surface area contributed by atoms with Crippen molar-refractivity contribution >= 4 is 12.0 Å². The lowest BCUT2D eigenvalue weighted by molar-refractivity contribution is -0.118. The number of carbonyl (C=O) groups is 1. The number of carbonyl (C=O) groups excluding carboxylic acids is 1. The Kier molecular flexibility index (Phi) is 7.72. The number of ether oxygens (including phenoxy) is 2. The van der Waals surface area contributed by atoms with Crippen molar-refractivity contribution in [3.63, 3.8) is 0 Å². The molecule has 0 aliphatic heterocycles. The number of nitrogens with one attached hydrogen (secondary N) is 1. The Bertz CT molecular complexity index is 990. The summed E-state index contributed by atoms with van der Waals surface area (Å²) in [7, 11) is 1.57. The molecule has 0 saturated heterocycles. The van der Waals surface area contributed by atoms with E-state index in [4.69, 9.17) is 9.47 Å². The van der Waals surface area contributed by atoms with Crippen molar-refractivity contribution in [3.8, 4) is 17.6 Å². The van der Waals surface area contributed by atoms with Crippen LogP contribution in [0, 0.1) is 24.2 Å². The lowest BCUT2D eigenvalue weighted by Crippen LogP contribution is -2.41. The third-order valence-corrected chi connectivity index (χ3v) is 5.77. The van der Waals surface area contributed by atoms with Gasteiger partial charge in [-0.05, 0) is 55.0 Å². The number of nitriles is 1. The minimum atomic E-state index is -0.319. The summed E-state index contributed by atoms with van der Waals surface area (Å²) < 4.78 is 11.4. The first-order valence-electron chi connectivity index (χ1n) is 10.8. The molecule has 1 aliphatic carbocycles. The molecule has 2 atom stereocenters. The highest BCUT2D eigenvalue weighted by atomic mass is 16.5. The van der Waals surface area contributed by atoms with Crippen LogP contribution in [0.4, 0.5) is 0 Å². The van der Waals surface area contributed by atoms with Crippen LogP contribution in [0.5, 0.6) is 11.5 Å². The first-order chi connectivity index (χ1) is 15.0. The van der Waals surface area contributed by atoms with Crippen LogP contribution in [0.1, 0.15) is 49.3 Å². The highest BCUT2D eigenvalue weighted by Gasteiger charge is 2.24. The van der Waals surface area contributed by atoms with Crippen LogP contribution in [-0.2, 0) is 11.4 Å². The normalized spacial score (nSPS) is 18.7. The molecule has 1 aliphatic rings. The van der Waals surface area contributed by atoms with E-state index in [1.54, 1.807) is 25.3 Å². The van der Waals surface area contributed by atoms with Crippen LogP contribution in [0.15, 0.2) is 48.0 Å². The van der Waals surface area contributed by atoms with Gasteiger partial charge in [-0.2, -0.15) is 5.26 Å². The van der Waals surface area contributed by atoms with E-state index in [2.05, 4.69) is 18.3 Å². The van der Waals surface area contributed by atoms with Gasteiger partial charge in [-0.1, -0.05) is 55.7 Å². The number of methoxy groups -OCH3 is 1. The van der Waals surface area contributed by atoms with E-state index >= 15 is 0 Å². The first-order valence-corrected chi connectivity index (χ1v) is 10.8. The minimum Gasteiger partial charge on any atom is -0.493 e. The molecule has 3 rings (SSSR count). The fourth-order valence-electron chi connectivity index (χ4n) is 3.95. The predicted octanol–water partition coefficient (Wildman–Crippen LogP) is 5.18. The number of rotatable bonds is 7. The second-order valence-electron chi connectivity index (χ2n) is 8.20. The van der Waals surface area contributed by atoms with Crippen LogP contribution in [0.2, 0.25) is 0 Å². The molecule has 1 fully saturated rings. The van der Waals surface area contributed by atoms with Crippen LogP contribution in [0.25, 0.3) is 6.08 Å². The zero-order valence-corrected chi connectivity index (χ0v) is 18.5. The van der Waals surface area contributed by atoms with Gasteiger partial charge in [-0.25, -0.2) is 0 Å². The van der Waals surface area contributed by atoms with E-state index in [9.17, 15) is 10.1 Å². The zero-order chi connectivity index (χ0) is 22.2. The Hall–Kier alpha value is -3.26. The molecule has 5 nitrogen and oxygen atoms in total. The third kappa shape index (κ3) is 6.11. The molecule has 162 valence electrons. The molecule has 0 spiro atoms. The monoisotopic (exact) mass is 418 g/mol. The van der Waals surface area contributed by atoms with Gasteiger partial charge in [0.25, 0.3) is 5.91 Å². The molecule has 0 heterocycles. The standard InChI is InChI=1S/C26H30N2O3/c1-18-7-6-9-21(13-18)17-31-24-12-11-20(15-25(24)30-3)14-22(16-27)26(29)28-23-10-5-4-8-19(23)2/h6-7,9,11-15,19,23H,4-5,8,10,17H2,1-3H3,(H,28,29)/b22-14+/t19-,23-/m0/s1. The third-order valence-electron chi connectivity index (χ3n) is 5.77. The first kappa shape index (κ1) is 22.4. The predicted molar refractivity (Wildman–Crippen MR) is 122 cm³/mol. The molecule has 5 heteroatoms. The van der Waals surface area contributed by atoms with Gasteiger partial charge in [-0.3, -0.25) is 4.79 Å². The highest BCUT2D eigenvalue weighted by Crippen LogP contribution is 2.30. The van der Waals surface area contributed by atoms with Gasteiger partial charge in [0.2, 0.25) is 0 Å². The van der Waals surface area contributed by atoms with Gasteiger partial charge in [0.1, 0.15) is 18.2 Å². The van der Waals surface area contributed by atoms with E-state index in [0.29, 0.717) is 29.6 Å². The van der Waals surface area contributed by atoms with Gasteiger partial charge < -0.3 is 14.8 Å². The van der Waals surface area contributed by atoms with E-state index < -0.39 is 0 Å². The maximum Gasteiger partial charge on any atom is 0.262 e. The Labute approximate surface area is 184 Å². The summed E-state index contributed by atoms with van der Waals surface area (Å²) in [5.41, 5.74) is 3.06. The molecule has 1 N–H and O–H groups in total. The largest absolute Gasteiger partial charge is 0.493 e. The van der Waals surface area contributed by atoms with Gasteiger partial charge in [-0.15, -0.1) is 0 Å². The van der Waals surface area contributed by atoms with Gasteiger partial charge in [0, 0.05) is 6.04 Å². The Morgan fingerprint density at radius 1 is 1.19 bits per heavy atom. The topological polar surface area (TPSA) is 71.3 Å². The lowest BCUT2D eigenvalue weighted by atomic mass is 9.86. The molecule has 0 unspecified atom stereocenters. The second-order valence-corrected chi connectivity index (χ2v) is 8.20. The smallest absolute Gasteiger partial charge is 0.262 e. The summed E-state index contributed by atoms with van der Waals surface area (Å²) in [6.45, 7) is 4.63. The number of hydrogen-bond donors (Lipinski definition) is 1. The van der Waals surface area contributed by atoms with E-state index in [1.165, 1.54) is 12.0 Å². The summed E-state index contributed by atoms with van der Waals surface area (Å²) in [4.78, 5) is 12.6. The van der Waals surface area contributed by atoms with Crippen molar-refractivity contribution < 1.29 is 14.3 Å². The molecule has 1 saturated carbocycles. The van der Waals surface area contributed by atoms with Crippen molar-refractivity contribution in [3.05, 3.63) is 64.7 Å². The average molecular weight is 419 g/mol. The van der Waals surface area contributed by atoms with Crippen molar-refractivity contribution in [1.29, 1.82) is 5.26 Å². The molecule has 2 aromatic rings. The number of nitrogens with zero attached hydrogens (tertiary/aromatic N) is 1. The fourth-order valence-corrected chi connectivity index (χ4v) is 3.95. The molecular weight excluding hydrogens is 388 g/mol. The summed E-state index contributed by atoms with van der Waals surface area (Å²) in [6, 6.07) is 15.7. The van der Waals surface area contributed by atoms with Crippen LogP contribution in [-0.4, -0.2) is 19.1 Å². The SMILES string of the molecule is COc1cc(/C=C(\C#N)C(=O)N[C@H]2CCCC[C@@H]2C)ccc1OCc1cccc(C)c1. The molecular formula is C26H30N2O3. The number of benzene rings is 2. The maximum atomic E-state index is 12.6. The van der Waals surface area contributed by atoms with Gasteiger partial charge in [0.15, 0.2) is 11.5 Å². The molecule has 0 bridgehead atoms. The molecule has 2 aromatic carbocycles.